The van der Waals surface area contributed by atoms with Crippen molar-refractivity contribution in [2.45, 2.75) is 13.2 Å². The highest BCUT2D eigenvalue weighted by Crippen LogP contribution is 2.28. The molecule has 0 aliphatic rings. The Morgan fingerprint density at radius 1 is 1.27 bits per heavy atom. The first kappa shape index (κ1) is 11.5. The molecule has 0 bridgehead atoms. The number of rotatable bonds is 4. The zero-order valence-electron chi connectivity index (χ0n) is 8.34. The number of amides is 1. The van der Waals surface area contributed by atoms with Crippen molar-refractivity contribution in [1.82, 2.24) is 0 Å². The maximum atomic E-state index is 10.5. The predicted molar refractivity (Wildman–Crippen MR) is 54.4 cm³/mol. The van der Waals surface area contributed by atoms with Crippen LogP contribution in [0.2, 0.25) is 0 Å². The third-order valence-electron chi connectivity index (χ3n) is 2.16. The normalized spacial score (nSPS) is 10.1. The number of hydrogen-bond donors (Lipinski definition) is 3. The SMILES string of the molecule is CN(C=O)c1cc(CO)c(O)c(CO)c1. The summed E-state index contributed by atoms with van der Waals surface area (Å²) in [7, 11) is 1.54. The van der Waals surface area contributed by atoms with Crippen molar-refractivity contribution in [2.24, 2.45) is 0 Å². The molecule has 15 heavy (non-hydrogen) atoms. The minimum absolute atomic E-state index is 0.136. The zero-order chi connectivity index (χ0) is 11.4. The van der Waals surface area contributed by atoms with Gasteiger partial charge >= 0.3 is 0 Å². The fourth-order valence-electron chi connectivity index (χ4n) is 1.25. The Kier molecular flexibility index (Phi) is 3.65. The molecule has 1 rings (SSSR count). The van der Waals surface area contributed by atoms with Crippen molar-refractivity contribution in [2.75, 3.05) is 11.9 Å². The summed E-state index contributed by atoms with van der Waals surface area (Å²) < 4.78 is 0. The molecule has 5 nitrogen and oxygen atoms in total. The summed E-state index contributed by atoms with van der Waals surface area (Å²) >= 11 is 0. The second-order valence-corrected chi connectivity index (χ2v) is 3.15. The predicted octanol–water partition coefficient (Wildman–Crippen LogP) is -0.0306. The van der Waals surface area contributed by atoms with Gasteiger partial charge in [-0.05, 0) is 12.1 Å². The molecule has 0 spiro atoms. The Morgan fingerprint density at radius 3 is 2.07 bits per heavy atom. The second kappa shape index (κ2) is 4.77. The van der Waals surface area contributed by atoms with E-state index in [-0.39, 0.29) is 30.1 Å². The van der Waals surface area contributed by atoms with E-state index in [1.807, 2.05) is 0 Å². The van der Waals surface area contributed by atoms with E-state index in [4.69, 9.17) is 10.2 Å². The number of aromatic hydroxyl groups is 1. The summed E-state index contributed by atoms with van der Waals surface area (Å²) in [5, 5.41) is 27.5. The van der Waals surface area contributed by atoms with Crippen molar-refractivity contribution in [1.29, 1.82) is 0 Å². The van der Waals surface area contributed by atoms with E-state index in [1.165, 1.54) is 17.0 Å². The molecule has 0 atom stereocenters. The summed E-state index contributed by atoms with van der Waals surface area (Å²) in [5.41, 5.74) is 1.08. The number of aliphatic hydroxyl groups is 2. The van der Waals surface area contributed by atoms with E-state index in [1.54, 1.807) is 7.05 Å². The summed E-state index contributed by atoms with van der Waals surface area (Å²) in [4.78, 5) is 11.8. The maximum Gasteiger partial charge on any atom is 0.213 e. The molecule has 1 amide bonds. The number of carbonyl (C=O) groups excluding carboxylic acids is 1. The molecule has 3 N–H and O–H groups in total. The lowest BCUT2D eigenvalue weighted by molar-refractivity contribution is -0.107. The molecule has 0 saturated heterocycles. The molecular formula is C10H13NO4. The van der Waals surface area contributed by atoms with Crippen LogP contribution in [0.1, 0.15) is 11.1 Å². The number of hydrogen-bond acceptors (Lipinski definition) is 4. The number of aliphatic hydroxyl groups excluding tert-OH is 2. The highest BCUT2D eigenvalue weighted by Gasteiger charge is 2.10. The van der Waals surface area contributed by atoms with Gasteiger partial charge in [0.2, 0.25) is 6.41 Å². The van der Waals surface area contributed by atoms with Gasteiger partial charge in [0.05, 0.1) is 13.2 Å². The van der Waals surface area contributed by atoms with Crippen molar-refractivity contribution < 1.29 is 20.1 Å². The molecular weight excluding hydrogens is 198 g/mol. The van der Waals surface area contributed by atoms with Crippen LogP contribution in [0, 0.1) is 0 Å². The topological polar surface area (TPSA) is 81.0 Å². The van der Waals surface area contributed by atoms with Gasteiger partial charge in [-0.15, -0.1) is 0 Å². The van der Waals surface area contributed by atoms with Gasteiger partial charge in [0.25, 0.3) is 0 Å². The van der Waals surface area contributed by atoms with E-state index in [2.05, 4.69) is 0 Å². The third kappa shape index (κ3) is 2.26. The zero-order valence-corrected chi connectivity index (χ0v) is 8.34. The highest BCUT2D eigenvalue weighted by atomic mass is 16.3. The molecule has 0 aromatic heterocycles. The van der Waals surface area contributed by atoms with Crippen molar-refractivity contribution >= 4 is 12.1 Å². The third-order valence-corrected chi connectivity index (χ3v) is 2.16. The molecule has 0 radical (unpaired) electrons. The summed E-state index contributed by atoms with van der Waals surface area (Å²) in [6.07, 6.45) is 0.606. The number of phenols is 1. The van der Waals surface area contributed by atoms with Crippen molar-refractivity contribution in [3.8, 4) is 5.75 Å². The lowest BCUT2D eigenvalue weighted by Crippen LogP contribution is -2.14. The van der Waals surface area contributed by atoms with Crippen LogP contribution in [-0.2, 0) is 18.0 Å². The molecule has 1 aromatic rings. The average molecular weight is 211 g/mol. The van der Waals surface area contributed by atoms with Crippen LogP contribution >= 0.6 is 0 Å². The second-order valence-electron chi connectivity index (χ2n) is 3.15. The minimum Gasteiger partial charge on any atom is -0.507 e. The first-order chi connectivity index (χ1) is 7.13. The van der Waals surface area contributed by atoms with Crippen molar-refractivity contribution in [3.63, 3.8) is 0 Å². The van der Waals surface area contributed by atoms with Gasteiger partial charge in [-0.3, -0.25) is 4.79 Å². The molecule has 0 unspecified atom stereocenters. The van der Waals surface area contributed by atoms with Crippen LogP contribution in [0.25, 0.3) is 0 Å². The minimum atomic E-state index is -0.348. The van der Waals surface area contributed by atoms with Gasteiger partial charge in [0.15, 0.2) is 0 Å². The summed E-state index contributed by atoms with van der Waals surface area (Å²) in [6.45, 7) is -0.696. The molecule has 82 valence electrons. The Hall–Kier alpha value is -1.59. The van der Waals surface area contributed by atoms with Crippen LogP contribution in [0.4, 0.5) is 5.69 Å². The lowest BCUT2D eigenvalue weighted by atomic mass is 10.1. The fraction of sp³-hybridized carbons (Fsp3) is 0.300. The van der Waals surface area contributed by atoms with Gasteiger partial charge in [0.1, 0.15) is 5.75 Å². The standard InChI is InChI=1S/C10H13NO4/c1-11(6-14)9-2-7(4-12)10(15)8(3-9)5-13/h2-3,6,12-13,15H,4-5H2,1H3. The highest BCUT2D eigenvalue weighted by molar-refractivity contribution is 5.75. The molecule has 0 heterocycles. The van der Waals surface area contributed by atoms with E-state index < -0.39 is 0 Å². The lowest BCUT2D eigenvalue weighted by Gasteiger charge is -2.15. The monoisotopic (exact) mass is 211 g/mol. The van der Waals surface area contributed by atoms with Gasteiger partial charge < -0.3 is 20.2 Å². The van der Waals surface area contributed by atoms with E-state index in [0.29, 0.717) is 12.1 Å². The quantitative estimate of drug-likeness (QED) is 0.611. The number of carbonyl (C=O) groups is 1. The first-order valence-corrected chi connectivity index (χ1v) is 4.38. The maximum absolute atomic E-state index is 10.5. The Labute approximate surface area is 87.2 Å². The Bertz CT molecular complexity index is 339. The largest absolute Gasteiger partial charge is 0.507 e. The average Bonchev–Trinajstić information content (AvgIpc) is 2.28. The summed E-state index contributed by atoms with van der Waals surface area (Å²) in [6, 6.07) is 2.98. The van der Waals surface area contributed by atoms with Crippen LogP contribution < -0.4 is 4.90 Å². The van der Waals surface area contributed by atoms with Gasteiger partial charge in [0, 0.05) is 23.9 Å². The number of nitrogens with zero attached hydrogens (tertiary/aromatic N) is 1. The molecule has 0 fully saturated rings. The Morgan fingerprint density at radius 2 is 1.73 bits per heavy atom. The fourth-order valence-corrected chi connectivity index (χ4v) is 1.25. The van der Waals surface area contributed by atoms with Crippen LogP contribution in [0.3, 0.4) is 0 Å². The molecule has 5 heteroatoms. The van der Waals surface area contributed by atoms with Crippen LogP contribution in [-0.4, -0.2) is 28.8 Å². The first-order valence-electron chi connectivity index (χ1n) is 4.38. The van der Waals surface area contributed by atoms with E-state index >= 15 is 0 Å². The molecule has 0 aliphatic carbocycles. The number of benzene rings is 1. The van der Waals surface area contributed by atoms with E-state index in [0.717, 1.165) is 0 Å². The van der Waals surface area contributed by atoms with Crippen molar-refractivity contribution in [3.05, 3.63) is 23.3 Å². The van der Waals surface area contributed by atoms with Crippen LogP contribution in [0.15, 0.2) is 12.1 Å². The van der Waals surface area contributed by atoms with Crippen LogP contribution in [0.5, 0.6) is 5.75 Å². The molecule has 0 aliphatic heterocycles. The van der Waals surface area contributed by atoms with Gasteiger partial charge in [-0.25, -0.2) is 0 Å². The van der Waals surface area contributed by atoms with Gasteiger partial charge in [-0.2, -0.15) is 0 Å². The van der Waals surface area contributed by atoms with Gasteiger partial charge in [-0.1, -0.05) is 0 Å². The smallest absolute Gasteiger partial charge is 0.213 e. The molecule has 1 aromatic carbocycles. The molecule has 0 saturated carbocycles. The number of anilines is 1. The Balaban J connectivity index is 3.26. The van der Waals surface area contributed by atoms with E-state index in [9.17, 15) is 9.90 Å². The summed E-state index contributed by atoms with van der Waals surface area (Å²) in [5.74, 6) is -0.136.